The van der Waals surface area contributed by atoms with Crippen LogP contribution in [-0.4, -0.2) is 41.1 Å². The molecule has 1 aliphatic heterocycles. The molecule has 1 saturated heterocycles. The minimum absolute atomic E-state index is 0.244. The number of carboxylic acids is 1. The van der Waals surface area contributed by atoms with Crippen molar-refractivity contribution in [2.75, 3.05) is 13.2 Å². The first-order valence-corrected chi connectivity index (χ1v) is 5.78. The molecule has 96 valence electrons. The summed E-state index contributed by atoms with van der Waals surface area (Å²) < 4.78 is 5.54. The van der Waals surface area contributed by atoms with E-state index in [2.05, 4.69) is 0 Å². The van der Waals surface area contributed by atoms with Gasteiger partial charge in [-0.15, -0.1) is 0 Å². The van der Waals surface area contributed by atoms with Gasteiger partial charge in [-0.25, -0.2) is 4.79 Å². The molecule has 0 spiro atoms. The van der Waals surface area contributed by atoms with Gasteiger partial charge < -0.3 is 14.7 Å². The summed E-state index contributed by atoms with van der Waals surface area (Å²) in [4.78, 5) is 24.2. The summed E-state index contributed by atoms with van der Waals surface area (Å²) in [6.45, 7) is 2.04. The van der Waals surface area contributed by atoms with E-state index < -0.39 is 18.1 Å². The minimum Gasteiger partial charge on any atom is -0.480 e. The van der Waals surface area contributed by atoms with Crippen LogP contribution in [0.5, 0.6) is 0 Å². The average molecular weight is 249 g/mol. The molecule has 5 heteroatoms. The summed E-state index contributed by atoms with van der Waals surface area (Å²) in [6, 6.07) is 8.16. The van der Waals surface area contributed by atoms with Gasteiger partial charge in [-0.2, -0.15) is 0 Å². The SMILES string of the molecule is CC(=O)N1CCO[C@@H](c2ccccc2)[C@H]1C(=O)O. The third-order valence-electron chi connectivity index (χ3n) is 3.04. The summed E-state index contributed by atoms with van der Waals surface area (Å²) in [7, 11) is 0. The number of carbonyl (C=O) groups excluding carboxylic acids is 1. The molecule has 0 unspecified atom stereocenters. The van der Waals surface area contributed by atoms with Crippen molar-refractivity contribution in [3.63, 3.8) is 0 Å². The second-order valence-corrected chi connectivity index (χ2v) is 4.20. The van der Waals surface area contributed by atoms with Gasteiger partial charge in [0.25, 0.3) is 0 Å². The van der Waals surface area contributed by atoms with E-state index >= 15 is 0 Å². The Labute approximate surface area is 105 Å². The number of aliphatic carboxylic acids is 1. The van der Waals surface area contributed by atoms with Gasteiger partial charge in [0.1, 0.15) is 6.10 Å². The maximum absolute atomic E-state index is 11.5. The number of ether oxygens (including phenoxy) is 1. The molecule has 5 nitrogen and oxygen atoms in total. The highest BCUT2D eigenvalue weighted by atomic mass is 16.5. The number of carboxylic acid groups (broad SMARTS) is 1. The highest BCUT2D eigenvalue weighted by Gasteiger charge is 2.39. The molecule has 0 saturated carbocycles. The van der Waals surface area contributed by atoms with Crippen LogP contribution in [0.15, 0.2) is 30.3 Å². The summed E-state index contributed by atoms with van der Waals surface area (Å²) in [5.74, 6) is -1.29. The third-order valence-corrected chi connectivity index (χ3v) is 3.04. The molecule has 1 amide bonds. The van der Waals surface area contributed by atoms with Crippen molar-refractivity contribution >= 4 is 11.9 Å². The zero-order chi connectivity index (χ0) is 13.1. The van der Waals surface area contributed by atoms with Crippen LogP contribution in [0.3, 0.4) is 0 Å². The molecule has 1 heterocycles. The molecule has 0 aliphatic carbocycles. The quantitative estimate of drug-likeness (QED) is 0.851. The normalized spacial score (nSPS) is 23.7. The van der Waals surface area contributed by atoms with Gasteiger partial charge in [-0.3, -0.25) is 4.79 Å². The summed E-state index contributed by atoms with van der Waals surface area (Å²) >= 11 is 0. The molecule has 1 N–H and O–H groups in total. The number of hydrogen-bond acceptors (Lipinski definition) is 3. The van der Waals surface area contributed by atoms with Gasteiger partial charge in [0.15, 0.2) is 6.04 Å². The van der Waals surface area contributed by atoms with Crippen LogP contribution < -0.4 is 0 Å². The fraction of sp³-hybridized carbons (Fsp3) is 0.385. The Kier molecular flexibility index (Phi) is 3.62. The molecular formula is C13H15NO4. The Morgan fingerprint density at radius 1 is 1.33 bits per heavy atom. The van der Waals surface area contributed by atoms with Crippen molar-refractivity contribution in [3.05, 3.63) is 35.9 Å². The number of nitrogens with zero attached hydrogens (tertiary/aromatic N) is 1. The largest absolute Gasteiger partial charge is 0.480 e. The van der Waals surface area contributed by atoms with Gasteiger partial charge in [-0.05, 0) is 5.56 Å². The fourth-order valence-electron chi connectivity index (χ4n) is 2.21. The van der Waals surface area contributed by atoms with Crippen LogP contribution >= 0.6 is 0 Å². The Morgan fingerprint density at radius 3 is 2.56 bits per heavy atom. The second kappa shape index (κ2) is 5.18. The second-order valence-electron chi connectivity index (χ2n) is 4.20. The average Bonchev–Trinajstić information content (AvgIpc) is 2.38. The van der Waals surface area contributed by atoms with Crippen molar-refractivity contribution in [3.8, 4) is 0 Å². The molecule has 0 bridgehead atoms. The Hall–Kier alpha value is -1.88. The summed E-state index contributed by atoms with van der Waals surface area (Å²) in [6.07, 6.45) is -0.610. The van der Waals surface area contributed by atoms with Crippen LogP contribution in [0.4, 0.5) is 0 Å². The number of benzene rings is 1. The maximum atomic E-state index is 11.5. The van der Waals surface area contributed by atoms with E-state index in [0.717, 1.165) is 5.56 Å². The first kappa shape index (κ1) is 12.6. The van der Waals surface area contributed by atoms with E-state index in [0.29, 0.717) is 13.2 Å². The van der Waals surface area contributed by atoms with Crippen molar-refractivity contribution in [1.82, 2.24) is 4.90 Å². The van der Waals surface area contributed by atoms with Crippen LogP contribution in [0.1, 0.15) is 18.6 Å². The van der Waals surface area contributed by atoms with Crippen LogP contribution in [0, 0.1) is 0 Å². The highest BCUT2D eigenvalue weighted by Crippen LogP contribution is 2.28. The van der Waals surface area contributed by atoms with Crippen LogP contribution in [0.25, 0.3) is 0 Å². The lowest BCUT2D eigenvalue weighted by Gasteiger charge is -2.38. The van der Waals surface area contributed by atoms with Gasteiger partial charge in [0, 0.05) is 13.5 Å². The number of carbonyl (C=O) groups is 2. The zero-order valence-electron chi connectivity index (χ0n) is 10.1. The van der Waals surface area contributed by atoms with Crippen molar-refractivity contribution < 1.29 is 19.4 Å². The lowest BCUT2D eigenvalue weighted by molar-refractivity contribution is -0.165. The molecule has 0 aromatic heterocycles. The van der Waals surface area contributed by atoms with E-state index in [1.54, 1.807) is 0 Å². The summed E-state index contributed by atoms with van der Waals surface area (Å²) in [5.41, 5.74) is 0.774. The van der Waals surface area contributed by atoms with Gasteiger partial charge in [-0.1, -0.05) is 30.3 Å². The lowest BCUT2D eigenvalue weighted by Crippen LogP contribution is -2.53. The molecular weight excluding hydrogens is 234 g/mol. The maximum Gasteiger partial charge on any atom is 0.329 e. The molecule has 1 fully saturated rings. The standard InChI is InChI=1S/C13H15NO4/c1-9(15)14-7-8-18-12(11(14)13(16)17)10-5-3-2-4-6-10/h2-6,11-12H,7-8H2,1H3,(H,16,17)/t11-,12-/m0/s1. The van der Waals surface area contributed by atoms with E-state index in [1.165, 1.54) is 11.8 Å². The molecule has 1 aromatic rings. The molecule has 18 heavy (non-hydrogen) atoms. The molecule has 0 radical (unpaired) electrons. The number of amides is 1. The van der Waals surface area contributed by atoms with Crippen molar-refractivity contribution in [2.45, 2.75) is 19.1 Å². The van der Waals surface area contributed by atoms with E-state index in [9.17, 15) is 14.7 Å². The van der Waals surface area contributed by atoms with E-state index in [-0.39, 0.29) is 5.91 Å². The van der Waals surface area contributed by atoms with Crippen LogP contribution in [-0.2, 0) is 14.3 Å². The van der Waals surface area contributed by atoms with Gasteiger partial charge in [0.2, 0.25) is 5.91 Å². The number of rotatable bonds is 2. The Morgan fingerprint density at radius 2 is 2.00 bits per heavy atom. The summed E-state index contributed by atoms with van der Waals surface area (Å²) in [5, 5.41) is 9.32. The third kappa shape index (κ3) is 2.36. The predicted octanol–water partition coefficient (Wildman–Crippen LogP) is 1.06. The zero-order valence-corrected chi connectivity index (χ0v) is 10.1. The molecule has 2 atom stereocenters. The monoisotopic (exact) mass is 249 g/mol. The van der Waals surface area contributed by atoms with Gasteiger partial charge >= 0.3 is 5.97 Å². The first-order valence-electron chi connectivity index (χ1n) is 5.78. The predicted molar refractivity (Wildman–Crippen MR) is 63.9 cm³/mol. The highest BCUT2D eigenvalue weighted by molar-refractivity contribution is 5.83. The molecule has 1 aromatic carbocycles. The number of hydrogen-bond donors (Lipinski definition) is 1. The van der Waals surface area contributed by atoms with Crippen LogP contribution in [0.2, 0.25) is 0 Å². The smallest absolute Gasteiger partial charge is 0.329 e. The minimum atomic E-state index is -1.04. The number of morpholine rings is 1. The van der Waals surface area contributed by atoms with Crippen molar-refractivity contribution in [1.29, 1.82) is 0 Å². The topological polar surface area (TPSA) is 66.8 Å². The van der Waals surface area contributed by atoms with E-state index in [4.69, 9.17) is 4.74 Å². The van der Waals surface area contributed by atoms with Gasteiger partial charge in [0.05, 0.1) is 6.61 Å². The Bertz CT molecular complexity index is 446. The molecule has 1 aliphatic rings. The van der Waals surface area contributed by atoms with Crippen molar-refractivity contribution in [2.24, 2.45) is 0 Å². The fourth-order valence-corrected chi connectivity index (χ4v) is 2.21. The molecule has 2 rings (SSSR count). The lowest BCUT2D eigenvalue weighted by atomic mass is 9.99. The van der Waals surface area contributed by atoms with E-state index in [1.807, 2.05) is 30.3 Å². The Balaban J connectivity index is 2.33. The first-order chi connectivity index (χ1) is 8.61.